The second-order valence-electron chi connectivity index (χ2n) is 5.46. The van der Waals surface area contributed by atoms with Crippen LogP contribution in [0.25, 0.3) is 33.6 Å². The number of benzene rings is 3. The van der Waals surface area contributed by atoms with Crippen LogP contribution in [-0.2, 0) is 0 Å². The van der Waals surface area contributed by atoms with Crippen molar-refractivity contribution in [1.82, 2.24) is 4.57 Å². The number of nitrogens with zero attached hydrogens (tertiary/aromatic N) is 1. The van der Waals surface area contributed by atoms with Crippen LogP contribution in [0, 0.1) is 0 Å². The molecule has 0 fully saturated rings. The lowest BCUT2D eigenvalue weighted by Crippen LogP contribution is -1.94. The Morgan fingerprint density at radius 3 is 1.96 bits per heavy atom. The van der Waals surface area contributed by atoms with Gasteiger partial charge in [0.2, 0.25) is 0 Å². The van der Waals surface area contributed by atoms with Gasteiger partial charge >= 0.3 is 0 Å². The SMILES string of the molecule is C=Cc1cccc(-n2c3cc(Br)ccc3c3ccc(Br)cc32)c1. The zero-order chi connectivity index (χ0) is 16.0. The normalized spacial score (nSPS) is 11.2. The Labute approximate surface area is 151 Å². The average molecular weight is 427 g/mol. The summed E-state index contributed by atoms with van der Waals surface area (Å²) in [7, 11) is 0. The summed E-state index contributed by atoms with van der Waals surface area (Å²) in [5.74, 6) is 0. The number of hydrogen-bond acceptors (Lipinski definition) is 0. The molecule has 23 heavy (non-hydrogen) atoms. The summed E-state index contributed by atoms with van der Waals surface area (Å²) >= 11 is 7.20. The van der Waals surface area contributed by atoms with E-state index in [9.17, 15) is 0 Å². The first-order valence-corrected chi connectivity index (χ1v) is 8.88. The molecule has 112 valence electrons. The molecule has 0 amide bonds. The van der Waals surface area contributed by atoms with Crippen LogP contribution in [0.2, 0.25) is 0 Å². The fourth-order valence-corrected chi connectivity index (χ4v) is 3.73. The van der Waals surface area contributed by atoms with E-state index < -0.39 is 0 Å². The Morgan fingerprint density at radius 1 is 0.783 bits per heavy atom. The van der Waals surface area contributed by atoms with Crippen molar-refractivity contribution < 1.29 is 0 Å². The zero-order valence-corrected chi connectivity index (χ0v) is 15.4. The van der Waals surface area contributed by atoms with Gasteiger partial charge in [0.05, 0.1) is 11.0 Å². The van der Waals surface area contributed by atoms with Gasteiger partial charge in [0.15, 0.2) is 0 Å². The maximum Gasteiger partial charge on any atom is 0.0552 e. The lowest BCUT2D eigenvalue weighted by atomic mass is 10.2. The predicted molar refractivity (Wildman–Crippen MR) is 106 cm³/mol. The van der Waals surface area contributed by atoms with E-state index in [1.54, 1.807) is 0 Å². The van der Waals surface area contributed by atoms with Gasteiger partial charge in [0, 0.05) is 25.4 Å². The van der Waals surface area contributed by atoms with Gasteiger partial charge in [0.1, 0.15) is 0 Å². The van der Waals surface area contributed by atoms with Crippen molar-refractivity contribution >= 4 is 59.7 Å². The summed E-state index contributed by atoms with van der Waals surface area (Å²) in [6.07, 6.45) is 1.88. The molecule has 0 saturated carbocycles. The van der Waals surface area contributed by atoms with Crippen molar-refractivity contribution in [3.63, 3.8) is 0 Å². The van der Waals surface area contributed by atoms with Gasteiger partial charge in [0.25, 0.3) is 0 Å². The molecule has 0 saturated heterocycles. The van der Waals surface area contributed by atoms with Crippen molar-refractivity contribution in [3.05, 3.63) is 81.8 Å². The molecule has 0 aliphatic rings. The number of fused-ring (bicyclic) bond motifs is 3. The van der Waals surface area contributed by atoms with Gasteiger partial charge in [-0.1, -0.05) is 68.8 Å². The van der Waals surface area contributed by atoms with Crippen LogP contribution >= 0.6 is 31.9 Å². The van der Waals surface area contributed by atoms with E-state index in [2.05, 4.69) is 104 Å². The highest BCUT2D eigenvalue weighted by atomic mass is 79.9. The Kier molecular flexibility index (Phi) is 3.63. The minimum absolute atomic E-state index is 1.08. The third-order valence-corrected chi connectivity index (χ3v) is 5.04. The molecule has 3 aromatic carbocycles. The Balaban J connectivity index is 2.19. The maximum atomic E-state index is 3.88. The molecule has 1 nitrogen and oxygen atoms in total. The maximum absolute atomic E-state index is 3.88. The number of rotatable bonds is 2. The van der Waals surface area contributed by atoms with Gasteiger partial charge in [-0.15, -0.1) is 0 Å². The third kappa shape index (κ3) is 2.44. The predicted octanol–water partition coefficient (Wildman–Crippen LogP) is 6.95. The van der Waals surface area contributed by atoms with Crippen LogP contribution in [0.4, 0.5) is 0 Å². The molecule has 4 rings (SSSR count). The van der Waals surface area contributed by atoms with Gasteiger partial charge in [-0.25, -0.2) is 0 Å². The fourth-order valence-electron chi connectivity index (χ4n) is 3.03. The molecule has 0 unspecified atom stereocenters. The highest BCUT2D eigenvalue weighted by molar-refractivity contribution is 9.10. The molecule has 0 aliphatic carbocycles. The minimum Gasteiger partial charge on any atom is -0.309 e. The summed E-state index contributed by atoms with van der Waals surface area (Å²) in [4.78, 5) is 0. The molecule has 0 radical (unpaired) electrons. The lowest BCUT2D eigenvalue weighted by molar-refractivity contribution is 1.18. The summed E-state index contributed by atoms with van der Waals surface area (Å²) in [5, 5.41) is 2.50. The largest absolute Gasteiger partial charge is 0.309 e. The molecule has 1 aromatic heterocycles. The van der Waals surface area contributed by atoms with E-state index in [-0.39, 0.29) is 0 Å². The minimum atomic E-state index is 1.08. The van der Waals surface area contributed by atoms with E-state index in [0.29, 0.717) is 0 Å². The van der Waals surface area contributed by atoms with Crippen molar-refractivity contribution in [2.75, 3.05) is 0 Å². The van der Waals surface area contributed by atoms with Crippen LogP contribution in [0.3, 0.4) is 0 Å². The zero-order valence-electron chi connectivity index (χ0n) is 12.3. The molecular formula is C20H13Br2N. The molecule has 0 spiro atoms. The smallest absolute Gasteiger partial charge is 0.0552 e. The molecule has 0 aliphatic heterocycles. The highest BCUT2D eigenvalue weighted by Crippen LogP contribution is 2.35. The Morgan fingerprint density at radius 2 is 1.39 bits per heavy atom. The Bertz CT molecular complexity index is 1000. The molecule has 1 heterocycles. The van der Waals surface area contributed by atoms with Gasteiger partial charge in [-0.3, -0.25) is 0 Å². The first-order chi connectivity index (χ1) is 11.2. The molecule has 4 aromatic rings. The highest BCUT2D eigenvalue weighted by Gasteiger charge is 2.13. The van der Waals surface area contributed by atoms with Crippen LogP contribution in [0.15, 0.2) is 76.2 Å². The van der Waals surface area contributed by atoms with E-state index in [0.717, 1.165) is 20.2 Å². The summed E-state index contributed by atoms with van der Waals surface area (Å²) in [5.41, 5.74) is 4.63. The molecule has 0 N–H and O–H groups in total. The first-order valence-electron chi connectivity index (χ1n) is 7.29. The molecule has 3 heteroatoms. The van der Waals surface area contributed by atoms with Gasteiger partial charge in [-0.2, -0.15) is 0 Å². The Hall–Kier alpha value is -1.84. The third-order valence-electron chi connectivity index (χ3n) is 4.06. The van der Waals surface area contributed by atoms with Gasteiger partial charge < -0.3 is 4.57 Å². The van der Waals surface area contributed by atoms with E-state index in [4.69, 9.17) is 0 Å². The van der Waals surface area contributed by atoms with Crippen molar-refractivity contribution in [2.24, 2.45) is 0 Å². The fraction of sp³-hybridized carbons (Fsp3) is 0. The number of hydrogen-bond donors (Lipinski definition) is 0. The van der Waals surface area contributed by atoms with Crippen LogP contribution in [-0.4, -0.2) is 4.57 Å². The number of halogens is 2. The number of aromatic nitrogens is 1. The van der Waals surface area contributed by atoms with Crippen molar-refractivity contribution in [2.45, 2.75) is 0 Å². The van der Waals surface area contributed by atoms with Crippen molar-refractivity contribution in [1.29, 1.82) is 0 Å². The quantitative estimate of drug-likeness (QED) is 0.326. The average Bonchev–Trinajstić information content (AvgIpc) is 2.87. The standard InChI is InChI=1S/C20H13Br2N/c1-2-13-4-3-5-16(10-13)23-19-11-14(21)6-8-17(19)18-9-7-15(22)12-20(18)23/h2-12H,1H2. The molecule has 0 bridgehead atoms. The monoisotopic (exact) mass is 425 g/mol. The molecule has 0 atom stereocenters. The van der Waals surface area contributed by atoms with Crippen LogP contribution in [0.5, 0.6) is 0 Å². The topological polar surface area (TPSA) is 4.93 Å². The van der Waals surface area contributed by atoms with Crippen molar-refractivity contribution in [3.8, 4) is 5.69 Å². The van der Waals surface area contributed by atoms with E-state index in [1.807, 2.05) is 6.08 Å². The molecular weight excluding hydrogens is 414 g/mol. The summed E-state index contributed by atoms with van der Waals surface area (Å²) in [6, 6.07) is 21.3. The van der Waals surface area contributed by atoms with E-state index in [1.165, 1.54) is 21.8 Å². The van der Waals surface area contributed by atoms with E-state index >= 15 is 0 Å². The summed E-state index contributed by atoms with van der Waals surface area (Å²) in [6.45, 7) is 3.88. The lowest BCUT2D eigenvalue weighted by Gasteiger charge is -2.09. The van der Waals surface area contributed by atoms with Gasteiger partial charge in [-0.05, 0) is 42.0 Å². The van der Waals surface area contributed by atoms with Crippen LogP contribution in [0.1, 0.15) is 5.56 Å². The first kappa shape index (κ1) is 14.7. The second-order valence-corrected chi connectivity index (χ2v) is 7.29. The van der Waals surface area contributed by atoms with Crippen LogP contribution < -0.4 is 0 Å². The summed E-state index contributed by atoms with van der Waals surface area (Å²) < 4.78 is 4.45. The second kappa shape index (κ2) is 5.66.